The fourth-order valence-electron chi connectivity index (χ4n) is 4.54. The van der Waals surface area contributed by atoms with Crippen LogP contribution in [0.5, 0.6) is 0 Å². The molecule has 0 radical (unpaired) electrons. The molecule has 0 bridgehead atoms. The molecule has 1 aliphatic heterocycles. The molecule has 3 heterocycles. The number of para-hydroxylation sites is 1. The zero-order valence-corrected chi connectivity index (χ0v) is 20.1. The molecule has 1 unspecified atom stereocenters. The minimum Gasteiger partial charge on any atom is -0.378 e. The number of thiophene rings is 1. The Hall–Kier alpha value is -2.16. The number of nitrogens with zero attached hydrogens (tertiary/aromatic N) is 3. The van der Waals surface area contributed by atoms with Gasteiger partial charge in [-0.15, -0.1) is 11.3 Å². The van der Waals surface area contributed by atoms with Gasteiger partial charge >= 0.3 is 0 Å². The van der Waals surface area contributed by atoms with Crippen LogP contribution in [0.25, 0.3) is 15.9 Å². The maximum atomic E-state index is 13.9. The molecule has 1 aliphatic carbocycles. The average molecular weight is 470 g/mol. The zero-order chi connectivity index (χ0) is 22.2. The van der Waals surface area contributed by atoms with E-state index in [9.17, 15) is 9.59 Å². The van der Waals surface area contributed by atoms with Crippen molar-refractivity contribution in [1.29, 1.82) is 0 Å². The molecule has 1 atom stereocenters. The monoisotopic (exact) mass is 469 g/mol. The lowest BCUT2D eigenvalue weighted by Gasteiger charge is -2.29. The Morgan fingerprint density at radius 1 is 1.19 bits per heavy atom. The van der Waals surface area contributed by atoms with Gasteiger partial charge in [0.1, 0.15) is 4.83 Å². The lowest BCUT2D eigenvalue weighted by Crippen LogP contribution is -2.44. The zero-order valence-electron chi connectivity index (χ0n) is 18.4. The predicted octanol–water partition coefficient (Wildman–Crippen LogP) is 3.97. The van der Waals surface area contributed by atoms with Crippen LogP contribution < -0.4 is 5.56 Å². The molecular weight excluding hydrogens is 442 g/mol. The van der Waals surface area contributed by atoms with Gasteiger partial charge in [0.2, 0.25) is 5.91 Å². The van der Waals surface area contributed by atoms with Crippen molar-refractivity contribution in [2.45, 2.75) is 49.9 Å². The number of amides is 1. The van der Waals surface area contributed by atoms with E-state index in [1.165, 1.54) is 28.6 Å². The summed E-state index contributed by atoms with van der Waals surface area (Å²) in [6.07, 6.45) is 4.25. The van der Waals surface area contributed by atoms with Crippen LogP contribution in [0, 0.1) is 6.92 Å². The number of ether oxygens (including phenoxy) is 1. The van der Waals surface area contributed by atoms with Crippen molar-refractivity contribution in [3.05, 3.63) is 50.6 Å². The highest BCUT2D eigenvalue weighted by Crippen LogP contribution is 2.36. The third-order valence-corrected chi connectivity index (χ3v) is 8.49. The summed E-state index contributed by atoms with van der Waals surface area (Å²) in [6, 6.07) is 7.88. The minimum absolute atomic E-state index is 0.0165. The van der Waals surface area contributed by atoms with E-state index in [2.05, 4.69) is 0 Å². The van der Waals surface area contributed by atoms with Gasteiger partial charge in [0.05, 0.1) is 29.5 Å². The van der Waals surface area contributed by atoms with Crippen molar-refractivity contribution in [3.8, 4) is 5.69 Å². The molecule has 1 amide bonds. The highest BCUT2D eigenvalue weighted by molar-refractivity contribution is 8.00. The van der Waals surface area contributed by atoms with Gasteiger partial charge in [0.25, 0.3) is 5.56 Å². The normalized spacial score (nSPS) is 17.4. The van der Waals surface area contributed by atoms with E-state index in [1.807, 2.05) is 43.0 Å². The van der Waals surface area contributed by atoms with Crippen molar-refractivity contribution >= 4 is 39.2 Å². The summed E-state index contributed by atoms with van der Waals surface area (Å²) in [6.45, 7) is 6.27. The van der Waals surface area contributed by atoms with Gasteiger partial charge < -0.3 is 9.64 Å². The average Bonchev–Trinajstić information content (AvgIpc) is 3.18. The summed E-state index contributed by atoms with van der Waals surface area (Å²) in [5.74, 6) is 0.0643. The summed E-state index contributed by atoms with van der Waals surface area (Å²) < 4.78 is 7.11. The Morgan fingerprint density at radius 3 is 2.72 bits per heavy atom. The summed E-state index contributed by atoms with van der Waals surface area (Å²) >= 11 is 3.03. The number of hydrogen-bond acceptors (Lipinski definition) is 6. The highest BCUT2D eigenvalue weighted by atomic mass is 32.2. The summed E-state index contributed by atoms with van der Waals surface area (Å²) in [5.41, 5.74) is 3.01. The topological polar surface area (TPSA) is 64.4 Å². The number of benzene rings is 1. The van der Waals surface area contributed by atoms with E-state index < -0.39 is 0 Å². The van der Waals surface area contributed by atoms with Crippen LogP contribution in [0.15, 0.2) is 34.2 Å². The number of aromatic nitrogens is 2. The molecule has 1 fully saturated rings. The lowest BCUT2D eigenvalue weighted by molar-refractivity contribution is -0.134. The second-order valence-electron chi connectivity index (χ2n) is 8.41. The predicted molar refractivity (Wildman–Crippen MR) is 129 cm³/mol. The molecule has 32 heavy (non-hydrogen) atoms. The third-order valence-electron chi connectivity index (χ3n) is 6.27. The maximum Gasteiger partial charge on any atom is 0.267 e. The second kappa shape index (κ2) is 9.00. The quantitative estimate of drug-likeness (QED) is 0.427. The van der Waals surface area contributed by atoms with Gasteiger partial charge in [-0.25, -0.2) is 4.98 Å². The van der Waals surface area contributed by atoms with Gasteiger partial charge in [-0.05, 0) is 56.7 Å². The number of thioether (sulfide) groups is 1. The van der Waals surface area contributed by atoms with Crippen molar-refractivity contribution in [1.82, 2.24) is 14.5 Å². The number of hydrogen-bond donors (Lipinski definition) is 0. The Bertz CT molecular complexity index is 1230. The SMILES string of the molecule is Cc1ccccc1-n1c(SC(C)C(=O)N2CCOCC2)nc2sc3c(c2c1=O)CCCC3. The van der Waals surface area contributed by atoms with E-state index in [-0.39, 0.29) is 16.7 Å². The molecule has 0 saturated carbocycles. The van der Waals surface area contributed by atoms with E-state index >= 15 is 0 Å². The van der Waals surface area contributed by atoms with Crippen LogP contribution in [0.3, 0.4) is 0 Å². The van der Waals surface area contributed by atoms with Crippen molar-refractivity contribution < 1.29 is 9.53 Å². The lowest BCUT2D eigenvalue weighted by atomic mass is 9.97. The summed E-state index contributed by atoms with van der Waals surface area (Å²) in [5, 5.41) is 1.01. The standard InChI is InChI=1S/C24H27N3O3S2/c1-15-7-3-5-9-18(15)27-23(29)20-17-8-4-6-10-19(17)32-21(20)25-24(27)31-16(2)22(28)26-11-13-30-14-12-26/h3,5,7,9,16H,4,6,8,10-14H2,1-2H3. The largest absolute Gasteiger partial charge is 0.378 e. The molecule has 2 aromatic heterocycles. The fourth-order valence-corrected chi connectivity index (χ4v) is 6.85. The fraction of sp³-hybridized carbons (Fsp3) is 0.458. The van der Waals surface area contributed by atoms with Crippen LogP contribution in [0.1, 0.15) is 35.8 Å². The Kier molecular flexibility index (Phi) is 6.09. The molecule has 6 nitrogen and oxygen atoms in total. The summed E-state index contributed by atoms with van der Waals surface area (Å²) in [7, 11) is 0. The first kappa shape index (κ1) is 21.7. The first-order chi connectivity index (χ1) is 15.5. The number of carbonyl (C=O) groups excluding carboxylic acids is 1. The van der Waals surface area contributed by atoms with Gasteiger partial charge in [-0.3, -0.25) is 14.2 Å². The van der Waals surface area contributed by atoms with E-state index in [4.69, 9.17) is 9.72 Å². The van der Waals surface area contributed by atoms with Crippen LogP contribution in [0.2, 0.25) is 0 Å². The van der Waals surface area contributed by atoms with Crippen molar-refractivity contribution in [3.63, 3.8) is 0 Å². The molecule has 2 aliphatic rings. The summed E-state index contributed by atoms with van der Waals surface area (Å²) in [4.78, 5) is 35.9. The number of rotatable bonds is 4. The Labute approximate surface area is 195 Å². The van der Waals surface area contributed by atoms with Crippen LogP contribution >= 0.6 is 23.1 Å². The highest BCUT2D eigenvalue weighted by Gasteiger charge is 2.28. The molecule has 1 saturated heterocycles. The van der Waals surface area contributed by atoms with Gasteiger partial charge in [-0.2, -0.15) is 0 Å². The molecular formula is C24H27N3O3S2. The molecule has 0 spiro atoms. The molecule has 8 heteroatoms. The van der Waals surface area contributed by atoms with Crippen molar-refractivity contribution in [2.24, 2.45) is 0 Å². The number of morpholine rings is 1. The molecule has 5 rings (SSSR count). The second-order valence-corrected chi connectivity index (χ2v) is 10.8. The number of carbonyl (C=O) groups is 1. The van der Waals surface area contributed by atoms with Crippen LogP contribution in [0.4, 0.5) is 0 Å². The van der Waals surface area contributed by atoms with Crippen LogP contribution in [-0.2, 0) is 22.4 Å². The maximum absolute atomic E-state index is 13.9. The van der Waals surface area contributed by atoms with Crippen molar-refractivity contribution in [2.75, 3.05) is 26.3 Å². The third kappa shape index (κ3) is 3.89. The smallest absolute Gasteiger partial charge is 0.267 e. The number of aryl methyl sites for hydroxylation is 3. The van der Waals surface area contributed by atoms with Gasteiger partial charge in [0, 0.05) is 18.0 Å². The Balaban J connectivity index is 1.62. The Morgan fingerprint density at radius 2 is 1.94 bits per heavy atom. The van der Waals surface area contributed by atoms with Crippen LogP contribution in [-0.4, -0.2) is 51.9 Å². The van der Waals surface area contributed by atoms with E-state index in [0.29, 0.717) is 31.5 Å². The van der Waals surface area contributed by atoms with Gasteiger partial charge in [-0.1, -0.05) is 30.0 Å². The van der Waals surface area contributed by atoms with Gasteiger partial charge in [0.15, 0.2) is 5.16 Å². The first-order valence-electron chi connectivity index (χ1n) is 11.2. The van der Waals surface area contributed by atoms with E-state index in [0.717, 1.165) is 40.7 Å². The molecule has 3 aromatic rings. The minimum atomic E-state index is -0.345. The first-order valence-corrected chi connectivity index (χ1v) is 12.9. The molecule has 1 aromatic carbocycles. The van der Waals surface area contributed by atoms with E-state index in [1.54, 1.807) is 15.9 Å². The molecule has 168 valence electrons. The number of fused-ring (bicyclic) bond motifs is 3. The molecule has 0 N–H and O–H groups in total.